The summed E-state index contributed by atoms with van der Waals surface area (Å²) in [4.78, 5) is 25.8. The number of rotatable bonds is 6. The summed E-state index contributed by atoms with van der Waals surface area (Å²) >= 11 is 0. The van der Waals surface area contributed by atoms with Crippen LogP contribution in [0.3, 0.4) is 0 Å². The molecule has 28 heavy (non-hydrogen) atoms. The second-order valence-corrected chi connectivity index (χ2v) is 6.91. The van der Waals surface area contributed by atoms with Gasteiger partial charge in [0.15, 0.2) is 0 Å². The van der Waals surface area contributed by atoms with E-state index < -0.39 is 5.97 Å². The number of halogens is 1. The van der Waals surface area contributed by atoms with E-state index >= 15 is 0 Å². The second-order valence-electron chi connectivity index (χ2n) is 6.91. The molecule has 3 rings (SSSR count). The van der Waals surface area contributed by atoms with E-state index in [2.05, 4.69) is 10.2 Å². The van der Waals surface area contributed by atoms with Crippen LogP contribution in [0.4, 0.5) is 4.39 Å². The molecule has 5 nitrogen and oxygen atoms in total. The van der Waals surface area contributed by atoms with Crippen LogP contribution in [0.25, 0.3) is 0 Å². The number of nitrogens with one attached hydrogen (secondary N) is 1. The standard InChI is InChI=1S/C21H23FN2O3.Li.H/c1-14(16-6-8-17(9-7-16)21(26)27)23-20(25)19-3-2-12-24(19)13-15-4-10-18(22)11-5-15;;/h4-11,14,19H,2-3,12-13H2,1H3,(H,23,25)(H,26,27);;/t14-,19+;;/m0../s1. The first-order chi connectivity index (χ1) is 12.9. The van der Waals surface area contributed by atoms with Crippen LogP contribution in [0.15, 0.2) is 48.5 Å². The third kappa shape index (κ3) is 5.45. The zero-order valence-corrected chi connectivity index (χ0v) is 15.2. The molecular formula is C21H24FLiN2O3. The van der Waals surface area contributed by atoms with Crippen LogP contribution in [-0.2, 0) is 11.3 Å². The third-order valence-corrected chi connectivity index (χ3v) is 4.98. The molecule has 0 bridgehead atoms. The summed E-state index contributed by atoms with van der Waals surface area (Å²) in [5.74, 6) is -1.28. The summed E-state index contributed by atoms with van der Waals surface area (Å²) in [7, 11) is 0. The van der Waals surface area contributed by atoms with Crippen LogP contribution in [0, 0.1) is 5.82 Å². The van der Waals surface area contributed by atoms with Crippen LogP contribution in [0.5, 0.6) is 0 Å². The average Bonchev–Trinajstić information content (AvgIpc) is 3.12. The fourth-order valence-corrected chi connectivity index (χ4v) is 3.44. The van der Waals surface area contributed by atoms with Gasteiger partial charge < -0.3 is 10.4 Å². The molecule has 0 aliphatic carbocycles. The number of hydrogen-bond acceptors (Lipinski definition) is 3. The Labute approximate surface area is 176 Å². The summed E-state index contributed by atoms with van der Waals surface area (Å²) in [6.07, 6.45) is 1.73. The van der Waals surface area contributed by atoms with Crippen LogP contribution in [0.1, 0.15) is 47.3 Å². The first-order valence-electron chi connectivity index (χ1n) is 9.06. The summed E-state index contributed by atoms with van der Waals surface area (Å²) in [5, 5.41) is 12.0. The molecule has 0 unspecified atom stereocenters. The first kappa shape index (κ1) is 22.2. The number of benzene rings is 2. The summed E-state index contributed by atoms with van der Waals surface area (Å²) < 4.78 is 13.1. The van der Waals surface area contributed by atoms with Gasteiger partial charge in [-0.1, -0.05) is 24.3 Å². The normalized spacial score (nSPS) is 17.6. The second kappa shape index (κ2) is 9.88. The third-order valence-electron chi connectivity index (χ3n) is 4.98. The Kier molecular flexibility index (Phi) is 7.82. The van der Waals surface area contributed by atoms with Gasteiger partial charge in [0.1, 0.15) is 5.82 Å². The predicted molar refractivity (Wildman–Crippen MR) is 107 cm³/mol. The first-order valence-corrected chi connectivity index (χ1v) is 9.06. The number of carboxylic acids is 1. The van der Waals surface area contributed by atoms with E-state index in [-0.39, 0.29) is 48.2 Å². The Morgan fingerprint density at radius 2 is 1.82 bits per heavy atom. The van der Waals surface area contributed by atoms with E-state index in [9.17, 15) is 14.0 Å². The average molecular weight is 378 g/mol. The Morgan fingerprint density at radius 1 is 1.18 bits per heavy atom. The number of amides is 1. The quantitative estimate of drug-likeness (QED) is 0.759. The molecule has 7 heteroatoms. The minimum absolute atomic E-state index is 0. The van der Waals surface area contributed by atoms with Crippen molar-refractivity contribution in [2.75, 3.05) is 6.54 Å². The predicted octanol–water partition coefficient (Wildman–Crippen LogP) is 2.72. The van der Waals surface area contributed by atoms with Gasteiger partial charge in [-0.3, -0.25) is 9.69 Å². The van der Waals surface area contributed by atoms with Gasteiger partial charge in [0, 0.05) is 6.54 Å². The molecule has 2 aromatic carbocycles. The summed E-state index contributed by atoms with van der Waals surface area (Å²) in [6.45, 7) is 3.32. The van der Waals surface area contributed by atoms with Gasteiger partial charge in [0.05, 0.1) is 17.6 Å². The van der Waals surface area contributed by atoms with Crippen molar-refractivity contribution in [2.45, 2.75) is 38.4 Å². The monoisotopic (exact) mass is 378 g/mol. The number of carbonyl (C=O) groups excluding carboxylic acids is 1. The van der Waals surface area contributed by atoms with Gasteiger partial charge in [-0.2, -0.15) is 0 Å². The van der Waals surface area contributed by atoms with Gasteiger partial charge in [-0.05, 0) is 61.7 Å². The molecule has 0 aromatic heterocycles. The Hall–Kier alpha value is -2.13. The molecule has 1 amide bonds. The number of aromatic carboxylic acids is 1. The molecular weight excluding hydrogens is 354 g/mol. The number of likely N-dealkylation sites (tertiary alicyclic amines) is 1. The van der Waals surface area contributed by atoms with Gasteiger partial charge >= 0.3 is 24.8 Å². The molecule has 1 heterocycles. The maximum atomic E-state index is 13.1. The van der Waals surface area contributed by atoms with Crippen molar-refractivity contribution in [1.29, 1.82) is 0 Å². The SMILES string of the molecule is C[C@H](NC(=O)[C@H]1CCCN1Cc1ccc(F)cc1)c1ccc(C(=O)O)cc1.[LiH]. The number of hydrogen-bond donors (Lipinski definition) is 2. The zero-order chi connectivity index (χ0) is 19.4. The van der Waals surface area contributed by atoms with Gasteiger partial charge in [0.2, 0.25) is 5.91 Å². The van der Waals surface area contributed by atoms with Crippen molar-refractivity contribution in [3.8, 4) is 0 Å². The molecule has 1 saturated heterocycles. The fraction of sp³-hybridized carbons (Fsp3) is 0.333. The Balaban J connectivity index is 0.00000280. The molecule has 0 radical (unpaired) electrons. The molecule has 1 aliphatic rings. The van der Waals surface area contributed by atoms with Crippen LogP contribution in [-0.4, -0.2) is 53.3 Å². The zero-order valence-electron chi connectivity index (χ0n) is 15.2. The van der Waals surface area contributed by atoms with E-state index in [0.29, 0.717) is 6.54 Å². The Bertz CT molecular complexity index is 811. The summed E-state index contributed by atoms with van der Waals surface area (Å²) in [5.41, 5.74) is 2.06. The van der Waals surface area contributed by atoms with Gasteiger partial charge in [0.25, 0.3) is 0 Å². The van der Waals surface area contributed by atoms with Crippen LogP contribution >= 0.6 is 0 Å². The van der Waals surface area contributed by atoms with Crippen molar-refractivity contribution in [1.82, 2.24) is 10.2 Å². The molecule has 1 aliphatic heterocycles. The topological polar surface area (TPSA) is 69.6 Å². The van der Waals surface area contributed by atoms with Crippen LogP contribution < -0.4 is 5.32 Å². The van der Waals surface area contributed by atoms with E-state index in [1.165, 1.54) is 24.3 Å². The molecule has 144 valence electrons. The van der Waals surface area contributed by atoms with E-state index in [1.54, 1.807) is 24.3 Å². The van der Waals surface area contributed by atoms with Gasteiger partial charge in [-0.15, -0.1) is 0 Å². The van der Waals surface area contributed by atoms with E-state index in [0.717, 1.165) is 30.5 Å². The van der Waals surface area contributed by atoms with Crippen molar-refractivity contribution >= 4 is 30.7 Å². The summed E-state index contributed by atoms with van der Waals surface area (Å²) in [6, 6.07) is 12.5. The van der Waals surface area contributed by atoms with Gasteiger partial charge in [-0.25, -0.2) is 9.18 Å². The van der Waals surface area contributed by atoms with Crippen molar-refractivity contribution in [3.63, 3.8) is 0 Å². The molecule has 0 spiro atoms. The molecule has 2 atom stereocenters. The molecule has 0 saturated carbocycles. The number of nitrogens with zero attached hydrogens (tertiary/aromatic N) is 1. The van der Waals surface area contributed by atoms with E-state index in [1.807, 2.05) is 6.92 Å². The molecule has 2 aromatic rings. The van der Waals surface area contributed by atoms with Crippen molar-refractivity contribution < 1.29 is 19.1 Å². The van der Waals surface area contributed by atoms with Crippen molar-refractivity contribution in [3.05, 3.63) is 71.0 Å². The van der Waals surface area contributed by atoms with E-state index in [4.69, 9.17) is 5.11 Å². The van der Waals surface area contributed by atoms with Crippen molar-refractivity contribution in [2.24, 2.45) is 0 Å². The minimum atomic E-state index is -0.972. The Morgan fingerprint density at radius 3 is 2.43 bits per heavy atom. The fourth-order valence-electron chi connectivity index (χ4n) is 3.44. The molecule has 2 N–H and O–H groups in total. The van der Waals surface area contributed by atoms with Crippen LogP contribution in [0.2, 0.25) is 0 Å². The maximum absolute atomic E-state index is 13.1. The number of carbonyl (C=O) groups is 2. The molecule has 1 fully saturated rings. The number of carboxylic acid groups (broad SMARTS) is 1.